The highest BCUT2D eigenvalue weighted by Crippen LogP contribution is 2.25. The van der Waals surface area contributed by atoms with Crippen molar-refractivity contribution in [2.75, 3.05) is 5.32 Å². The predicted molar refractivity (Wildman–Crippen MR) is 115 cm³/mol. The number of hydrogen-bond donors (Lipinski definition) is 2. The summed E-state index contributed by atoms with van der Waals surface area (Å²) in [5, 5.41) is 18.8. The molecule has 0 unspecified atom stereocenters. The predicted octanol–water partition coefficient (Wildman–Crippen LogP) is 4.31. The zero-order chi connectivity index (χ0) is 20.3. The van der Waals surface area contributed by atoms with Crippen LogP contribution in [0.1, 0.15) is 35.6 Å². The van der Waals surface area contributed by atoms with Gasteiger partial charge < -0.3 is 9.88 Å². The van der Waals surface area contributed by atoms with Crippen molar-refractivity contribution in [2.24, 2.45) is 0 Å². The lowest BCUT2D eigenvalue weighted by Crippen LogP contribution is -2.12. The molecule has 0 spiro atoms. The van der Waals surface area contributed by atoms with Crippen LogP contribution in [0.4, 0.5) is 5.69 Å². The lowest BCUT2D eigenvalue weighted by atomic mass is 10.1. The van der Waals surface area contributed by atoms with Gasteiger partial charge in [0.15, 0.2) is 5.82 Å². The molecule has 0 aliphatic carbocycles. The lowest BCUT2D eigenvalue weighted by Gasteiger charge is -2.09. The molecule has 7 nitrogen and oxygen atoms in total. The van der Waals surface area contributed by atoms with E-state index in [4.69, 9.17) is 0 Å². The average Bonchev–Trinajstić information content (AvgIpc) is 3.37. The SMILES string of the molecule is O=C(Nc1cccc(-c2nnc3n2CCCCC3)c1)c1cc(-c2ccccc2)n[nH]1. The second-order valence-electron chi connectivity index (χ2n) is 7.47. The highest BCUT2D eigenvalue weighted by Gasteiger charge is 2.17. The molecule has 2 aromatic heterocycles. The molecule has 0 fully saturated rings. The van der Waals surface area contributed by atoms with E-state index in [1.165, 1.54) is 6.42 Å². The summed E-state index contributed by atoms with van der Waals surface area (Å²) in [5.74, 6) is 1.67. The minimum atomic E-state index is -0.234. The third kappa shape index (κ3) is 3.61. The number of rotatable bonds is 4. The quantitative estimate of drug-likeness (QED) is 0.536. The molecule has 2 N–H and O–H groups in total. The van der Waals surface area contributed by atoms with E-state index in [0.29, 0.717) is 11.4 Å². The number of nitrogens with one attached hydrogen (secondary N) is 2. The Labute approximate surface area is 174 Å². The molecule has 7 heteroatoms. The van der Waals surface area contributed by atoms with E-state index in [1.807, 2.05) is 54.6 Å². The fraction of sp³-hybridized carbons (Fsp3) is 0.217. The number of benzene rings is 2. The fourth-order valence-electron chi connectivity index (χ4n) is 3.83. The van der Waals surface area contributed by atoms with Gasteiger partial charge in [-0.1, -0.05) is 48.9 Å². The molecule has 3 heterocycles. The number of anilines is 1. The van der Waals surface area contributed by atoms with Gasteiger partial charge in [0, 0.05) is 29.8 Å². The summed E-state index contributed by atoms with van der Waals surface area (Å²) in [5.41, 5.74) is 3.76. The molecule has 0 saturated heterocycles. The van der Waals surface area contributed by atoms with E-state index in [0.717, 1.165) is 54.3 Å². The highest BCUT2D eigenvalue weighted by molar-refractivity contribution is 6.03. The van der Waals surface area contributed by atoms with Crippen LogP contribution >= 0.6 is 0 Å². The van der Waals surface area contributed by atoms with Crippen molar-refractivity contribution < 1.29 is 4.79 Å². The Morgan fingerprint density at radius 3 is 2.70 bits per heavy atom. The lowest BCUT2D eigenvalue weighted by molar-refractivity contribution is 0.102. The maximum atomic E-state index is 12.7. The fourth-order valence-corrected chi connectivity index (χ4v) is 3.83. The third-order valence-electron chi connectivity index (χ3n) is 5.38. The van der Waals surface area contributed by atoms with Gasteiger partial charge in [-0.05, 0) is 31.0 Å². The van der Waals surface area contributed by atoms with E-state index in [2.05, 4.69) is 30.3 Å². The van der Waals surface area contributed by atoms with Gasteiger partial charge in [-0.2, -0.15) is 5.10 Å². The number of carbonyl (C=O) groups excluding carboxylic acids is 1. The molecule has 1 amide bonds. The number of fused-ring (bicyclic) bond motifs is 1. The smallest absolute Gasteiger partial charge is 0.273 e. The molecular formula is C23H22N6O. The topological polar surface area (TPSA) is 88.5 Å². The van der Waals surface area contributed by atoms with Crippen molar-refractivity contribution in [3.63, 3.8) is 0 Å². The van der Waals surface area contributed by atoms with Crippen LogP contribution in [-0.4, -0.2) is 30.9 Å². The van der Waals surface area contributed by atoms with Crippen LogP contribution in [0, 0.1) is 0 Å². The number of amides is 1. The van der Waals surface area contributed by atoms with E-state index < -0.39 is 0 Å². The summed E-state index contributed by atoms with van der Waals surface area (Å²) in [6.07, 6.45) is 4.47. The Morgan fingerprint density at radius 2 is 1.80 bits per heavy atom. The molecule has 4 aromatic rings. The van der Waals surface area contributed by atoms with Crippen LogP contribution in [0.25, 0.3) is 22.6 Å². The summed E-state index contributed by atoms with van der Waals surface area (Å²) in [6.45, 7) is 0.935. The maximum Gasteiger partial charge on any atom is 0.273 e. The van der Waals surface area contributed by atoms with E-state index in [1.54, 1.807) is 6.07 Å². The van der Waals surface area contributed by atoms with E-state index >= 15 is 0 Å². The van der Waals surface area contributed by atoms with Gasteiger partial charge >= 0.3 is 0 Å². The number of aromatic amines is 1. The van der Waals surface area contributed by atoms with Gasteiger partial charge in [0.1, 0.15) is 11.5 Å². The summed E-state index contributed by atoms with van der Waals surface area (Å²) in [7, 11) is 0. The molecule has 2 aromatic carbocycles. The molecule has 0 atom stereocenters. The summed E-state index contributed by atoms with van der Waals surface area (Å²) < 4.78 is 2.20. The first kappa shape index (κ1) is 18.3. The molecule has 150 valence electrons. The number of carbonyl (C=O) groups is 1. The molecule has 1 aliphatic rings. The summed E-state index contributed by atoms with van der Waals surface area (Å²) in [4.78, 5) is 12.7. The zero-order valence-corrected chi connectivity index (χ0v) is 16.5. The molecule has 0 saturated carbocycles. The number of hydrogen-bond acceptors (Lipinski definition) is 4. The normalized spacial score (nSPS) is 13.5. The van der Waals surface area contributed by atoms with E-state index in [-0.39, 0.29) is 5.91 Å². The van der Waals surface area contributed by atoms with Crippen molar-refractivity contribution in [2.45, 2.75) is 32.2 Å². The molecule has 5 rings (SSSR count). The van der Waals surface area contributed by atoms with Gasteiger partial charge in [0.2, 0.25) is 0 Å². The van der Waals surface area contributed by atoms with Crippen molar-refractivity contribution in [3.8, 4) is 22.6 Å². The first-order valence-corrected chi connectivity index (χ1v) is 10.2. The minimum Gasteiger partial charge on any atom is -0.321 e. The molecule has 1 aliphatic heterocycles. The third-order valence-corrected chi connectivity index (χ3v) is 5.38. The van der Waals surface area contributed by atoms with Crippen molar-refractivity contribution >= 4 is 11.6 Å². The van der Waals surface area contributed by atoms with Crippen LogP contribution in [0.3, 0.4) is 0 Å². The summed E-state index contributed by atoms with van der Waals surface area (Å²) >= 11 is 0. The number of H-pyrrole nitrogens is 1. The second kappa shape index (κ2) is 7.94. The van der Waals surface area contributed by atoms with E-state index in [9.17, 15) is 4.79 Å². The van der Waals surface area contributed by atoms with Gasteiger partial charge in [0.25, 0.3) is 5.91 Å². The Hall–Kier alpha value is -3.74. The van der Waals surface area contributed by atoms with Crippen LogP contribution in [0.15, 0.2) is 60.7 Å². The molecule has 30 heavy (non-hydrogen) atoms. The zero-order valence-electron chi connectivity index (χ0n) is 16.5. The average molecular weight is 398 g/mol. The number of nitrogens with zero attached hydrogens (tertiary/aromatic N) is 4. The van der Waals surface area contributed by atoms with Crippen molar-refractivity contribution in [1.82, 2.24) is 25.0 Å². The van der Waals surface area contributed by atoms with Gasteiger partial charge in [-0.15, -0.1) is 10.2 Å². The number of aryl methyl sites for hydroxylation is 1. The highest BCUT2D eigenvalue weighted by atomic mass is 16.1. The first-order chi connectivity index (χ1) is 14.8. The van der Waals surface area contributed by atoms with Gasteiger partial charge in [-0.25, -0.2) is 0 Å². The maximum absolute atomic E-state index is 12.7. The van der Waals surface area contributed by atoms with Gasteiger partial charge in [-0.3, -0.25) is 9.89 Å². The standard InChI is InChI=1S/C23H22N6O/c30-23(20-15-19(25-26-20)16-8-3-1-4-9-16)24-18-11-7-10-17(14-18)22-28-27-21-12-5-2-6-13-29(21)22/h1,3-4,7-11,14-15H,2,5-6,12-13H2,(H,24,30)(H,25,26). The Kier molecular flexibility index (Phi) is 4.85. The summed E-state index contributed by atoms with van der Waals surface area (Å²) in [6, 6.07) is 19.3. The molecular weight excluding hydrogens is 376 g/mol. The van der Waals surface area contributed by atoms with Crippen LogP contribution in [-0.2, 0) is 13.0 Å². The first-order valence-electron chi connectivity index (χ1n) is 10.2. The van der Waals surface area contributed by atoms with Crippen molar-refractivity contribution in [3.05, 3.63) is 72.2 Å². The largest absolute Gasteiger partial charge is 0.321 e. The van der Waals surface area contributed by atoms with Gasteiger partial charge in [0.05, 0.1) is 5.69 Å². The van der Waals surface area contributed by atoms with Crippen LogP contribution < -0.4 is 5.32 Å². The Balaban J connectivity index is 1.36. The second-order valence-corrected chi connectivity index (χ2v) is 7.47. The Bertz CT molecular complexity index is 1180. The number of aromatic nitrogens is 5. The Morgan fingerprint density at radius 1 is 0.933 bits per heavy atom. The van der Waals surface area contributed by atoms with Crippen LogP contribution in [0.5, 0.6) is 0 Å². The molecule has 0 radical (unpaired) electrons. The molecule has 0 bridgehead atoms. The monoisotopic (exact) mass is 398 g/mol. The van der Waals surface area contributed by atoms with Crippen LogP contribution in [0.2, 0.25) is 0 Å². The van der Waals surface area contributed by atoms with Crippen molar-refractivity contribution in [1.29, 1.82) is 0 Å². The minimum absolute atomic E-state index is 0.234.